The van der Waals surface area contributed by atoms with Gasteiger partial charge in [-0.05, 0) is 30.4 Å². The minimum atomic E-state index is -0.827. The van der Waals surface area contributed by atoms with Crippen LogP contribution in [0, 0.1) is 17.6 Å². The summed E-state index contributed by atoms with van der Waals surface area (Å²) in [5, 5.41) is 9.53. The molecule has 0 bridgehead atoms. The fraction of sp³-hybridized carbons (Fsp3) is 0.500. The first-order chi connectivity index (χ1) is 7.02. The highest BCUT2D eigenvalue weighted by Crippen LogP contribution is 2.15. The Hall–Kier alpha value is -0.960. The number of aliphatic hydroxyl groups excluding tert-OH is 1. The summed E-state index contributed by atoms with van der Waals surface area (Å²) >= 11 is 0. The Labute approximate surface area is 88.7 Å². The molecule has 0 aliphatic heterocycles. The first kappa shape index (κ1) is 12.1. The van der Waals surface area contributed by atoms with Crippen LogP contribution in [0.25, 0.3) is 0 Å². The van der Waals surface area contributed by atoms with E-state index in [9.17, 15) is 13.9 Å². The lowest BCUT2D eigenvalue weighted by atomic mass is 9.99. The third-order valence-electron chi connectivity index (χ3n) is 2.51. The van der Waals surface area contributed by atoms with Crippen molar-refractivity contribution in [3.63, 3.8) is 0 Å². The molecule has 84 valence electrons. The molecule has 0 aliphatic rings. The number of benzene rings is 1. The number of aryl methyl sites for hydroxylation is 1. The molecule has 1 aromatic carbocycles. The van der Waals surface area contributed by atoms with Crippen LogP contribution >= 0.6 is 0 Å². The second-order valence-electron chi connectivity index (χ2n) is 4.06. The quantitative estimate of drug-likeness (QED) is 0.817. The molecule has 0 aliphatic carbocycles. The summed E-state index contributed by atoms with van der Waals surface area (Å²) in [5.41, 5.74) is 0.328. The molecule has 1 N–H and O–H groups in total. The summed E-state index contributed by atoms with van der Waals surface area (Å²) in [6, 6.07) is 4.12. The molecule has 0 amide bonds. The number of aliphatic hydroxyl groups is 1. The van der Waals surface area contributed by atoms with E-state index < -0.39 is 17.7 Å². The highest BCUT2D eigenvalue weighted by atomic mass is 19.2. The Morgan fingerprint density at radius 3 is 2.53 bits per heavy atom. The summed E-state index contributed by atoms with van der Waals surface area (Å²) in [6.07, 6.45) is 0.355. The SMILES string of the molecule is CC(C)C(O)CCc1cccc(F)c1F. The molecule has 0 heterocycles. The molecule has 3 heteroatoms. The van der Waals surface area contributed by atoms with Gasteiger partial charge in [0.15, 0.2) is 11.6 Å². The summed E-state index contributed by atoms with van der Waals surface area (Å²) < 4.78 is 26.0. The van der Waals surface area contributed by atoms with Gasteiger partial charge in [0.2, 0.25) is 0 Å². The Bertz CT molecular complexity index is 323. The van der Waals surface area contributed by atoms with Crippen LogP contribution in [0.2, 0.25) is 0 Å². The number of hydrogen-bond acceptors (Lipinski definition) is 1. The largest absolute Gasteiger partial charge is 0.393 e. The molecular formula is C12H16F2O. The average Bonchev–Trinajstić information content (AvgIpc) is 2.19. The first-order valence-electron chi connectivity index (χ1n) is 5.13. The molecule has 15 heavy (non-hydrogen) atoms. The van der Waals surface area contributed by atoms with E-state index in [1.165, 1.54) is 6.07 Å². The second kappa shape index (κ2) is 5.21. The van der Waals surface area contributed by atoms with E-state index in [-0.39, 0.29) is 5.92 Å². The van der Waals surface area contributed by atoms with Gasteiger partial charge in [0.05, 0.1) is 6.10 Å². The fourth-order valence-corrected chi connectivity index (χ4v) is 1.38. The molecule has 1 atom stereocenters. The maximum Gasteiger partial charge on any atom is 0.162 e. The first-order valence-corrected chi connectivity index (χ1v) is 5.13. The van der Waals surface area contributed by atoms with E-state index in [0.717, 1.165) is 6.07 Å². The number of hydrogen-bond donors (Lipinski definition) is 1. The van der Waals surface area contributed by atoms with E-state index >= 15 is 0 Å². The summed E-state index contributed by atoms with van der Waals surface area (Å²) in [6.45, 7) is 3.79. The minimum absolute atomic E-state index is 0.140. The van der Waals surface area contributed by atoms with E-state index in [1.54, 1.807) is 6.07 Å². The maximum atomic E-state index is 13.2. The third kappa shape index (κ3) is 3.27. The number of halogens is 2. The van der Waals surface area contributed by atoms with Gasteiger partial charge in [-0.25, -0.2) is 8.78 Å². The van der Waals surface area contributed by atoms with E-state index in [1.807, 2.05) is 13.8 Å². The molecule has 0 fully saturated rings. The Balaban J connectivity index is 2.62. The standard InChI is InChI=1S/C12H16F2O/c1-8(2)11(15)7-6-9-4-3-5-10(13)12(9)14/h3-5,8,11,15H,6-7H2,1-2H3. The fourth-order valence-electron chi connectivity index (χ4n) is 1.38. The third-order valence-corrected chi connectivity index (χ3v) is 2.51. The minimum Gasteiger partial charge on any atom is -0.393 e. The van der Waals surface area contributed by atoms with Crippen molar-refractivity contribution in [1.82, 2.24) is 0 Å². The van der Waals surface area contributed by atoms with Gasteiger partial charge in [-0.2, -0.15) is 0 Å². The Morgan fingerprint density at radius 2 is 1.93 bits per heavy atom. The lowest BCUT2D eigenvalue weighted by Gasteiger charge is -2.14. The van der Waals surface area contributed by atoms with Crippen molar-refractivity contribution in [2.24, 2.45) is 5.92 Å². The van der Waals surface area contributed by atoms with Crippen molar-refractivity contribution >= 4 is 0 Å². The van der Waals surface area contributed by atoms with E-state index in [0.29, 0.717) is 18.4 Å². The van der Waals surface area contributed by atoms with Gasteiger partial charge in [-0.15, -0.1) is 0 Å². The van der Waals surface area contributed by atoms with Crippen molar-refractivity contribution < 1.29 is 13.9 Å². The van der Waals surface area contributed by atoms with Crippen LogP contribution in [-0.4, -0.2) is 11.2 Å². The molecule has 1 aromatic rings. The van der Waals surface area contributed by atoms with E-state index in [4.69, 9.17) is 0 Å². The molecule has 0 spiro atoms. The lowest BCUT2D eigenvalue weighted by molar-refractivity contribution is 0.116. The van der Waals surface area contributed by atoms with Gasteiger partial charge in [0.1, 0.15) is 0 Å². The Kier molecular flexibility index (Phi) is 4.21. The van der Waals surface area contributed by atoms with Crippen LogP contribution in [0.3, 0.4) is 0 Å². The molecule has 0 saturated carbocycles. The van der Waals surface area contributed by atoms with Crippen molar-refractivity contribution in [1.29, 1.82) is 0 Å². The molecule has 0 radical (unpaired) electrons. The van der Waals surface area contributed by atoms with Gasteiger partial charge < -0.3 is 5.11 Å². The highest BCUT2D eigenvalue weighted by molar-refractivity contribution is 5.19. The molecule has 1 nitrogen and oxygen atoms in total. The molecular weight excluding hydrogens is 198 g/mol. The van der Waals surface area contributed by atoms with Gasteiger partial charge in [-0.1, -0.05) is 26.0 Å². The maximum absolute atomic E-state index is 13.2. The van der Waals surface area contributed by atoms with Crippen molar-refractivity contribution in [3.8, 4) is 0 Å². The predicted octanol–water partition coefficient (Wildman–Crippen LogP) is 2.91. The lowest BCUT2D eigenvalue weighted by Crippen LogP contribution is -2.15. The topological polar surface area (TPSA) is 20.2 Å². The van der Waals surface area contributed by atoms with Gasteiger partial charge in [0.25, 0.3) is 0 Å². The smallest absolute Gasteiger partial charge is 0.162 e. The molecule has 0 aromatic heterocycles. The molecule has 1 rings (SSSR count). The second-order valence-corrected chi connectivity index (χ2v) is 4.06. The molecule has 1 unspecified atom stereocenters. The predicted molar refractivity (Wildman–Crippen MR) is 55.5 cm³/mol. The summed E-state index contributed by atoms with van der Waals surface area (Å²) in [7, 11) is 0. The van der Waals surface area contributed by atoms with Crippen LogP contribution in [0.5, 0.6) is 0 Å². The van der Waals surface area contributed by atoms with Crippen LogP contribution < -0.4 is 0 Å². The molecule has 0 saturated heterocycles. The van der Waals surface area contributed by atoms with Crippen molar-refractivity contribution in [2.45, 2.75) is 32.8 Å². The van der Waals surface area contributed by atoms with Crippen LogP contribution in [-0.2, 0) is 6.42 Å². The van der Waals surface area contributed by atoms with Gasteiger partial charge >= 0.3 is 0 Å². The number of rotatable bonds is 4. The summed E-state index contributed by atoms with van der Waals surface area (Å²) in [4.78, 5) is 0. The van der Waals surface area contributed by atoms with Crippen LogP contribution in [0.1, 0.15) is 25.8 Å². The van der Waals surface area contributed by atoms with Gasteiger partial charge in [0, 0.05) is 0 Å². The van der Waals surface area contributed by atoms with Crippen molar-refractivity contribution in [2.75, 3.05) is 0 Å². The monoisotopic (exact) mass is 214 g/mol. The van der Waals surface area contributed by atoms with Crippen LogP contribution in [0.4, 0.5) is 8.78 Å². The Morgan fingerprint density at radius 1 is 1.27 bits per heavy atom. The highest BCUT2D eigenvalue weighted by Gasteiger charge is 2.12. The van der Waals surface area contributed by atoms with Crippen LogP contribution in [0.15, 0.2) is 18.2 Å². The zero-order valence-electron chi connectivity index (χ0n) is 9.00. The zero-order valence-corrected chi connectivity index (χ0v) is 9.00. The summed E-state index contributed by atoms with van der Waals surface area (Å²) in [5.74, 6) is -1.48. The average molecular weight is 214 g/mol. The normalized spacial score (nSPS) is 13.2. The zero-order chi connectivity index (χ0) is 11.4. The van der Waals surface area contributed by atoms with Gasteiger partial charge in [-0.3, -0.25) is 0 Å². The van der Waals surface area contributed by atoms with Crippen molar-refractivity contribution in [3.05, 3.63) is 35.4 Å². The van der Waals surface area contributed by atoms with E-state index in [2.05, 4.69) is 0 Å².